The van der Waals surface area contributed by atoms with Crippen LogP contribution < -0.4 is 10.1 Å². The number of hydrogen-bond acceptors (Lipinski definition) is 5. The quantitative estimate of drug-likeness (QED) is 0.746. The second kappa shape index (κ2) is 6.02. The van der Waals surface area contributed by atoms with E-state index in [0.29, 0.717) is 5.75 Å². The van der Waals surface area contributed by atoms with Gasteiger partial charge in [-0.1, -0.05) is 12.1 Å². The summed E-state index contributed by atoms with van der Waals surface area (Å²) < 4.78 is 5.04. The maximum absolute atomic E-state index is 11.7. The van der Waals surface area contributed by atoms with Crippen molar-refractivity contribution in [3.05, 3.63) is 29.8 Å². The van der Waals surface area contributed by atoms with E-state index in [1.165, 1.54) is 7.05 Å². The van der Waals surface area contributed by atoms with Crippen LogP contribution in [0.5, 0.6) is 5.75 Å². The van der Waals surface area contributed by atoms with Gasteiger partial charge in [0, 0.05) is 13.6 Å². The highest BCUT2D eigenvalue weighted by atomic mass is 16.5. The van der Waals surface area contributed by atoms with Crippen LogP contribution in [0.15, 0.2) is 24.3 Å². The minimum absolute atomic E-state index is 0.144. The molecule has 6 heteroatoms. The van der Waals surface area contributed by atoms with Crippen molar-refractivity contribution in [2.45, 2.75) is 18.6 Å². The SMILES string of the molecule is COc1ccc(C(O)CNC2CC(=O)N(C)C2=O)cc1. The lowest BCUT2D eigenvalue weighted by atomic mass is 10.1. The topological polar surface area (TPSA) is 78.9 Å². The van der Waals surface area contributed by atoms with Crippen molar-refractivity contribution in [2.24, 2.45) is 0 Å². The number of likely N-dealkylation sites (N-methyl/N-ethyl adjacent to an activating group) is 1. The van der Waals surface area contributed by atoms with Crippen LogP contribution in [0.4, 0.5) is 0 Å². The van der Waals surface area contributed by atoms with Crippen molar-refractivity contribution in [2.75, 3.05) is 20.7 Å². The molecule has 2 rings (SSSR count). The Kier molecular flexibility index (Phi) is 4.36. The maximum atomic E-state index is 11.7. The fraction of sp³-hybridized carbons (Fsp3) is 0.429. The number of methoxy groups -OCH3 is 1. The lowest BCUT2D eigenvalue weighted by Gasteiger charge is -2.15. The number of carbonyl (C=O) groups is 2. The van der Waals surface area contributed by atoms with Crippen LogP contribution in [-0.2, 0) is 9.59 Å². The van der Waals surface area contributed by atoms with E-state index in [4.69, 9.17) is 4.74 Å². The monoisotopic (exact) mass is 278 g/mol. The molecule has 1 aliphatic heterocycles. The van der Waals surface area contributed by atoms with Gasteiger partial charge >= 0.3 is 0 Å². The van der Waals surface area contributed by atoms with Gasteiger partial charge in [0.15, 0.2) is 0 Å². The summed E-state index contributed by atoms with van der Waals surface area (Å²) in [5.41, 5.74) is 0.725. The third-order valence-corrected chi connectivity index (χ3v) is 3.44. The largest absolute Gasteiger partial charge is 0.497 e. The summed E-state index contributed by atoms with van der Waals surface area (Å²) in [6, 6.07) is 6.51. The average molecular weight is 278 g/mol. The standard InChI is InChI=1S/C14H18N2O4/c1-16-13(18)7-11(14(16)19)15-8-12(17)9-3-5-10(20-2)6-4-9/h3-6,11-12,15,17H,7-8H2,1-2H3. The van der Waals surface area contributed by atoms with E-state index in [2.05, 4.69) is 5.32 Å². The van der Waals surface area contributed by atoms with Gasteiger partial charge in [-0.15, -0.1) is 0 Å². The first-order chi connectivity index (χ1) is 9.52. The zero-order valence-electron chi connectivity index (χ0n) is 11.5. The molecule has 20 heavy (non-hydrogen) atoms. The van der Waals surface area contributed by atoms with E-state index in [0.717, 1.165) is 10.5 Å². The van der Waals surface area contributed by atoms with Gasteiger partial charge in [-0.05, 0) is 17.7 Å². The van der Waals surface area contributed by atoms with Crippen LogP contribution >= 0.6 is 0 Å². The smallest absolute Gasteiger partial charge is 0.246 e. The molecular weight excluding hydrogens is 260 g/mol. The third-order valence-electron chi connectivity index (χ3n) is 3.44. The second-order valence-corrected chi connectivity index (χ2v) is 4.74. The zero-order valence-corrected chi connectivity index (χ0v) is 11.5. The van der Waals surface area contributed by atoms with Gasteiger partial charge in [0.25, 0.3) is 0 Å². The fourth-order valence-electron chi connectivity index (χ4n) is 2.11. The molecule has 1 aliphatic rings. The Labute approximate surface area is 117 Å². The molecule has 6 nitrogen and oxygen atoms in total. The second-order valence-electron chi connectivity index (χ2n) is 4.74. The maximum Gasteiger partial charge on any atom is 0.246 e. The zero-order chi connectivity index (χ0) is 14.7. The Morgan fingerprint density at radius 3 is 2.55 bits per heavy atom. The predicted molar refractivity (Wildman–Crippen MR) is 72.1 cm³/mol. The molecule has 2 unspecified atom stereocenters. The molecule has 0 radical (unpaired) electrons. The summed E-state index contributed by atoms with van der Waals surface area (Å²) >= 11 is 0. The van der Waals surface area contributed by atoms with Gasteiger partial charge < -0.3 is 15.2 Å². The van der Waals surface area contributed by atoms with Crippen LogP contribution in [0, 0.1) is 0 Å². The first-order valence-corrected chi connectivity index (χ1v) is 6.38. The predicted octanol–water partition coefficient (Wildman–Crippen LogP) is 0.0755. The summed E-state index contributed by atoms with van der Waals surface area (Å²) in [7, 11) is 3.04. The number of nitrogens with zero attached hydrogens (tertiary/aromatic N) is 1. The van der Waals surface area contributed by atoms with Crippen LogP contribution in [0.2, 0.25) is 0 Å². The van der Waals surface area contributed by atoms with Crippen molar-refractivity contribution >= 4 is 11.8 Å². The number of imide groups is 1. The van der Waals surface area contributed by atoms with Gasteiger partial charge in [-0.2, -0.15) is 0 Å². The first-order valence-electron chi connectivity index (χ1n) is 6.38. The normalized spacial score (nSPS) is 20.4. The van der Waals surface area contributed by atoms with Crippen LogP contribution in [0.25, 0.3) is 0 Å². The van der Waals surface area contributed by atoms with Gasteiger partial charge in [-0.3, -0.25) is 14.5 Å². The van der Waals surface area contributed by atoms with Crippen LogP contribution in [0.3, 0.4) is 0 Å². The Bertz CT molecular complexity index is 500. The Balaban J connectivity index is 1.90. The average Bonchev–Trinajstić information content (AvgIpc) is 2.72. The summed E-state index contributed by atoms with van der Waals surface area (Å²) in [5, 5.41) is 13.0. The third kappa shape index (κ3) is 2.97. The van der Waals surface area contributed by atoms with Gasteiger partial charge in [-0.25, -0.2) is 0 Å². The lowest BCUT2D eigenvalue weighted by Crippen LogP contribution is -2.39. The molecule has 108 valence electrons. The number of nitrogens with one attached hydrogen (secondary N) is 1. The Morgan fingerprint density at radius 2 is 2.05 bits per heavy atom. The molecule has 2 atom stereocenters. The van der Waals surface area contributed by atoms with Crippen molar-refractivity contribution in [1.82, 2.24) is 10.2 Å². The molecule has 1 aromatic carbocycles. The molecule has 0 aromatic heterocycles. The summed E-state index contributed by atoms with van der Waals surface area (Å²) in [5.74, 6) is 0.260. The summed E-state index contributed by atoms with van der Waals surface area (Å²) in [4.78, 5) is 24.2. The fourth-order valence-corrected chi connectivity index (χ4v) is 2.11. The van der Waals surface area contributed by atoms with Crippen LogP contribution in [0.1, 0.15) is 18.1 Å². The first kappa shape index (κ1) is 14.5. The van der Waals surface area contributed by atoms with Gasteiger partial charge in [0.05, 0.1) is 25.7 Å². The molecule has 1 aromatic rings. The molecule has 1 heterocycles. The highest BCUT2D eigenvalue weighted by Crippen LogP contribution is 2.18. The van der Waals surface area contributed by atoms with Crippen molar-refractivity contribution < 1.29 is 19.4 Å². The van der Waals surface area contributed by atoms with Gasteiger partial charge in [0.1, 0.15) is 5.75 Å². The number of ether oxygens (including phenoxy) is 1. The Hall–Kier alpha value is -1.92. The van der Waals surface area contributed by atoms with E-state index in [-0.39, 0.29) is 24.8 Å². The molecule has 0 saturated carbocycles. The van der Waals surface area contributed by atoms with E-state index in [1.807, 2.05) is 0 Å². The minimum atomic E-state index is -0.741. The summed E-state index contributed by atoms with van der Waals surface area (Å²) in [6.07, 6.45) is -0.597. The molecule has 2 amide bonds. The molecule has 0 bridgehead atoms. The van der Waals surface area contributed by atoms with Crippen molar-refractivity contribution in [3.8, 4) is 5.75 Å². The molecule has 1 saturated heterocycles. The number of amides is 2. The summed E-state index contributed by atoms with van der Waals surface area (Å²) in [6.45, 7) is 0.212. The highest BCUT2D eigenvalue weighted by molar-refractivity contribution is 6.05. The highest BCUT2D eigenvalue weighted by Gasteiger charge is 2.35. The Morgan fingerprint density at radius 1 is 1.40 bits per heavy atom. The van der Waals surface area contributed by atoms with Gasteiger partial charge in [0.2, 0.25) is 11.8 Å². The van der Waals surface area contributed by atoms with E-state index < -0.39 is 12.1 Å². The number of benzene rings is 1. The number of rotatable bonds is 5. The minimum Gasteiger partial charge on any atom is -0.497 e. The number of aliphatic hydroxyl groups is 1. The molecule has 2 N–H and O–H groups in total. The molecule has 0 aliphatic carbocycles. The number of hydrogen-bond donors (Lipinski definition) is 2. The van der Waals surface area contributed by atoms with Crippen molar-refractivity contribution in [1.29, 1.82) is 0 Å². The number of likely N-dealkylation sites (tertiary alicyclic amines) is 1. The molecule has 0 spiro atoms. The van der Waals surface area contributed by atoms with E-state index in [9.17, 15) is 14.7 Å². The molecule has 1 fully saturated rings. The van der Waals surface area contributed by atoms with Crippen LogP contribution in [-0.4, -0.2) is 48.6 Å². The number of carbonyl (C=O) groups excluding carboxylic acids is 2. The van der Waals surface area contributed by atoms with E-state index in [1.54, 1.807) is 31.4 Å². The van der Waals surface area contributed by atoms with Crippen molar-refractivity contribution in [3.63, 3.8) is 0 Å². The number of aliphatic hydroxyl groups excluding tert-OH is 1. The van der Waals surface area contributed by atoms with E-state index >= 15 is 0 Å². The molecular formula is C14H18N2O4. The lowest BCUT2D eigenvalue weighted by molar-refractivity contribution is -0.137.